The molecular formula is C19H14N2O2. The van der Waals surface area contributed by atoms with Crippen LogP contribution in [0.3, 0.4) is 0 Å². The summed E-state index contributed by atoms with van der Waals surface area (Å²) in [5.74, 6) is -0.723. The number of allylic oxidation sites excluding steroid dienone is 1. The molecule has 4 nitrogen and oxygen atoms in total. The van der Waals surface area contributed by atoms with E-state index in [0.29, 0.717) is 17.7 Å². The van der Waals surface area contributed by atoms with Crippen LogP contribution in [0.2, 0.25) is 0 Å². The van der Waals surface area contributed by atoms with Crippen molar-refractivity contribution in [1.29, 1.82) is 5.26 Å². The first-order valence-electron chi connectivity index (χ1n) is 7.34. The number of likely N-dealkylation sites (N-methyl/N-ethyl adjacent to an activating group) is 1. The first-order chi connectivity index (χ1) is 11.2. The third-order valence-corrected chi connectivity index (χ3v) is 3.86. The maximum Gasteiger partial charge on any atom is 0.260 e. The van der Waals surface area contributed by atoms with Crippen molar-refractivity contribution >= 4 is 23.0 Å². The largest absolute Gasteiger partial charge is 0.308 e. The highest BCUT2D eigenvalue weighted by atomic mass is 16.2. The number of para-hydroxylation sites is 1. The molecule has 0 atom stereocenters. The summed E-state index contributed by atoms with van der Waals surface area (Å²) < 4.78 is 0. The summed E-state index contributed by atoms with van der Waals surface area (Å²) in [6.07, 6.45) is 0. The predicted molar refractivity (Wildman–Crippen MR) is 87.8 cm³/mol. The van der Waals surface area contributed by atoms with Crippen LogP contribution in [0.5, 0.6) is 0 Å². The highest BCUT2D eigenvalue weighted by Crippen LogP contribution is 2.38. The van der Waals surface area contributed by atoms with Gasteiger partial charge in [-0.2, -0.15) is 5.26 Å². The Morgan fingerprint density at radius 3 is 2.39 bits per heavy atom. The zero-order valence-electron chi connectivity index (χ0n) is 12.6. The molecule has 0 spiro atoms. The third-order valence-electron chi connectivity index (χ3n) is 3.86. The molecule has 0 aromatic heterocycles. The van der Waals surface area contributed by atoms with Crippen molar-refractivity contribution in [2.45, 2.75) is 6.92 Å². The summed E-state index contributed by atoms with van der Waals surface area (Å²) in [7, 11) is 0. The third kappa shape index (κ3) is 2.33. The van der Waals surface area contributed by atoms with E-state index < -0.39 is 5.78 Å². The molecule has 4 heteroatoms. The molecule has 0 N–H and O–H groups in total. The van der Waals surface area contributed by atoms with E-state index in [4.69, 9.17) is 0 Å². The number of rotatable bonds is 3. The predicted octanol–water partition coefficient (Wildman–Crippen LogP) is 3.21. The molecule has 112 valence electrons. The van der Waals surface area contributed by atoms with E-state index in [1.807, 2.05) is 25.1 Å². The molecule has 0 unspecified atom stereocenters. The van der Waals surface area contributed by atoms with Gasteiger partial charge < -0.3 is 4.90 Å². The number of benzene rings is 2. The molecule has 3 rings (SSSR count). The second-order valence-corrected chi connectivity index (χ2v) is 5.12. The van der Waals surface area contributed by atoms with Crippen molar-refractivity contribution in [3.8, 4) is 6.07 Å². The van der Waals surface area contributed by atoms with Crippen LogP contribution in [0.15, 0.2) is 60.2 Å². The van der Waals surface area contributed by atoms with Crippen LogP contribution in [-0.2, 0) is 4.79 Å². The Bertz CT molecular complexity index is 860. The van der Waals surface area contributed by atoms with Crippen molar-refractivity contribution in [2.75, 3.05) is 11.4 Å². The van der Waals surface area contributed by atoms with Gasteiger partial charge in [-0.3, -0.25) is 9.59 Å². The van der Waals surface area contributed by atoms with E-state index >= 15 is 0 Å². The van der Waals surface area contributed by atoms with Gasteiger partial charge in [-0.15, -0.1) is 0 Å². The fraction of sp³-hybridized carbons (Fsp3) is 0.105. The normalized spacial score (nSPS) is 15.1. The standard InChI is InChI=1S/C19H14N2O2/c1-2-21-16-11-7-6-10-14(16)17(19(21)23)15(12-20)18(22)13-8-4-3-5-9-13/h3-11H,2H2,1H3/b17-15-. The van der Waals surface area contributed by atoms with Gasteiger partial charge in [-0.05, 0) is 13.0 Å². The number of amides is 1. The molecule has 1 aliphatic rings. The fourth-order valence-electron chi connectivity index (χ4n) is 2.79. The molecule has 1 aliphatic heterocycles. The zero-order chi connectivity index (χ0) is 16.4. The monoisotopic (exact) mass is 302 g/mol. The van der Waals surface area contributed by atoms with Crippen LogP contribution in [0.4, 0.5) is 5.69 Å². The Morgan fingerprint density at radius 1 is 1.09 bits per heavy atom. The number of hydrogen-bond donors (Lipinski definition) is 0. The lowest BCUT2D eigenvalue weighted by atomic mass is 9.95. The van der Waals surface area contributed by atoms with Crippen LogP contribution in [0, 0.1) is 11.3 Å². The summed E-state index contributed by atoms with van der Waals surface area (Å²) >= 11 is 0. The second kappa shape index (κ2) is 5.90. The molecule has 2 aromatic rings. The highest BCUT2D eigenvalue weighted by molar-refractivity contribution is 6.38. The quantitative estimate of drug-likeness (QED) is 0.497. The molecule has 1 amide bonds. The Labute approximate surface area is 134 Å². The smallest absolute Gasteiger partial charge is 0.260 e. The van der Waals surface area contributed by atoms with Crippen LogP contribution in [0.1, 0.15) is 22.8 Å². The van der Waals surface area contributed by atoms with E-state index in [1.54, 1.807) is 47.4 Å². The number of carbonyl (C=O) groups is 2. The van der Waals surface area contributed by atoms with Gasteiger partial charge in [-0.1, -0.05) is 48.5 Å². The van der Waals surface area contributed by atoms with Crippen LogP contribution >= 0.6 is 0 Å². The summed E-state index contributed by atoms with van der Waals surface area (Å²) in [6, 6.07) is 17.7. The Balaban J connectivity index is 2.21. The van der Waals surface area contributed by atoms with Crippen molar-refractivity contribution in [1.82, 2.24) is 0 Å². The van der Waals surface area contributed by atoms with Crippen LogP contribution in [0.25, 0.3) is 5.57 Å². The number of nitriles is 1. The van der Waals surface area contributed by atoms with Gasteiger partial charge in [0.05, 0.1) is 11.3 Å². The van der Waals surface area contributed by atoms with Gasteiger partial charge in [0.15, 0.2) is 0 Å². The number of carbonyl (C=O) groups excluding carboxylic acids is 2. The van der Waals surface area contributed by atoms with E-state index in [0.717, 1.165) is 5.69 Å². The molecule has 2 aromatic carbocycles. The molecule has 1 heterocycles. The molecule has 0 bridgehead atoms. The molecule has 0 saturated carbocycles. The van der Waals surface area contributed by atoms with Gasteiger partial charge in [0.25, 0.3) is 5.91 Å². The molecule has 0 fully saturated rings. The minimum absolute atomic E-state index is 0.107. The van der Waals surface area contributed by atoms with Crippen molar-refractivity contribution in [3.63, 3.8) is 0 Å². The SMILES string of the molecule is CCN1C(=O)/C(=C(/C#N)C(=O)c2ccccc2)c2ccccc21. The van der Waals surface area contributed by atoms with E-state index in [2.05, 4.69) is 0 Å². The molecular weight excluding hydrogens is 288 g/mol. The number of Topliss-reactive ketones (excluding diaryl/α,β-unsaturated/α-hetero) is 1. The van der Waals surface area contributed by atoms with Gasteiger partial charge >= 0.3 is 0 Å². The fourth-order valence-corrected chi connectivity index (χ4v) is 2.79. The van der Waals surface area contributed by atoms with Crippen LogP contribution < -0.4 is 4.90 Å². The minimum atomic E-state index is -0.427. The number of nitrogens with zero attached hydrogens (tertiary/aromatic N) is 2. The van der Waals surface area contributed by atoms with Gasteiger partial charge in [-0.25, -0.2) is 0 Å². The molecule has 0 saturated heterocycles. The first-order valence-corrected chi connectivity index (χ1v) is 7.34. The maximum atomic E-state index is 12.7. The average molecular weight is 302 g/mol. The summed E-state index contributed by atoms with van der Waals surface area (Å²) in [5, 5.41) is 9.52. The minimum Gasteiger partial charge on any atom is -0.308 e. The summed E-state index contributed by atoms with van der Waals surface area (Å²) in [4.78, 5) is 26.9. The van der Waals surface area contributed by atoms with E-state index in [-0.39, 0.29) is 17.1 Å². The van der Waals surface area contributed by atoms with E-state index in [1.165, 1.54) is 0 Å². The number of anilines is 1. The summed E-state index contributed by atoms with van der Waals surface area (Å²) in [6.45, 7) is 2.35. The first kappa shape index (κ1) is 14.7. The van der Waals surface area contributed by atoms with Gasteiger partial charge in [0.2, 0.25) is 5.78 Å². The summed E-state index contributed by atoms with van der Waals surface area (Å²) in [5.41, 5.74) is 1.86. The van der Waals surface area contributed by atoms with Gasteiger partial charge in [0.1, 0.15) is 11.6 Å². The van der Waals surface area contributed by atoms with Crippen LogP contribution in [-0.4, -0.2) is 18.2 Å². The lowest BCUT2D eigenvalue weighted by Gasteiger charge is -2.13. The second-order valence-electron chi connectivity index (χ2n) is 5.12. The zero-order valence-corrected chi connectivity index (χ0v) is 12.6. The highest BCUT2D eigenvalue weighted by Gasteiger charge is 2.35. The maximum absolute atomic E-state index is 12.7. The van der Waals surface area contributed by atoms with Gasteiger partial charge in [0, 0.05) is 17.7 Å². The molecule has 0 radical (unpaired) electrons. The Hall–Kier alpha value is -3.19. The number of hydrogen-bond acceptors (Lipinski definition) is 3. The topological polar surface area (TPSA) is 61.2 Å². The molecule has 0 aliphatic carbocycles. The average Bonchev–Trinajstić information content (AvgIpc) is 2.88. The lowest BCUT2D eigenvalue weighted by molar-refractivity contribution is -0.113. The molecule has 23 heavy (non-hydrogen) atoms. The Morgan fingerprint density at radius 2 is 1.74 bits per heavy atom. The number of fused-ring (bicyclic) bond motifs is 1. The van der Waals surface area contributed by atoms with Crippen molar-refractivity contribution in [3.05, 3.63) is 71.3 Å². The lowest BCUT2D eigenvalue weighted by Crippen LogP contribution is -2.26. The van der Waals surface area contributed by atoms with Crippen molar-refractivity contribution < 1.29 is 9.59 Å². The number of ketones is 1. The van der Waals surface area contributed by atoms with Crippen molar-refractivity contribution in [2.24, 2.45) is 0 Å². The van der Waals surface area contributed by atoms with E-state index in [9.17, 15) is 14.9 Å². The Kier molecular flexibility index (Phi) is 3.78.